The number of hydrogen-bond donors (Lipinski definition) is 2. The highest BCUT2D eigenvalue weighted by Crippen LogP contribution is 2.30. The number of hydrogen-bond acceptors (Lipinski definition) is 6. The van der Waals surface area contributed by atoms with Gasteiger partial charge in [0.15, 0.2) is 5.13 Å². The molecule has 0 saturated heterocycles. The molecule has 6 nitrogen and oxygen atoms in total. The van der Waals surface area contributed by atoms with Gasteiger partial charge < -0.3 is 5.32 Å². The minimum absolute atomic E-state index is 0.267. The topological polar surface area (TPSA) is 79.8 Å². The summed E-state index contributed by atoms with van der Waals surface area (Å²) in [6, 6.07) is 0. The van der Waals surface area contributed by atoms with Crippen LogP contribution in [0.15, 0.2) is 12.4 Å². The molecule has 2 aromatic rings. The van der Waals surface area contributed by atoms with E-state index in [0.717, 1.165) is 31.5 Å². The zero-order chi connectivity index (χ0) is 14.7. The minimum Gasteiger partial charge on any atom is -0.369 e. The molecule has 0 aliphatic heterocycles. The van der Waals surface area contributed by atoms with Crippen molar-refractivity contribution < 1.29 is 4.79 Å². The Kier molecular flexibility index (Phi) is 4.10. The summed E-state index contributed by atoms with van der Waals surface area (Å²) in [5.74, 6) is 0.415. The second-order valence-corrected chi connectivity index (χ2v) is 5.99. The molecule has 21 heavy (non-hydrogen) atoms. The molecule has 1 aliphatic rings. The van der Waals surface area contributed by atoms with Crippen molar-refractivity contribution in [2.45, 2.75) is 32.6 Å². The summed E-state index contributed by atoms with van der Waals surface area (Å²) in [5.41, 5.74) is 1.42. The van der Waals surface area contributed by atoms with Crippen molar-refractivity contribution in [2.75, 3.05) is 17.2 Å². The van der Waals surface area contributed by atoms with Crippen LogP contribution in [0.3, 0.4) is 0 Å². The van der Waals surface area contributed by atoms with E-state index in [1.54, 1.807) is 17.5 Å². The number of carbonyl (C=O) groups excluding carboxylic acids is 1. The summed E-state index contributed by atoms with van der Waals surface area (Å²) in [6.45, 7) is 2.92. The van der Waals surface area contributed by atoms with E-state index in [4.69, 9.17) is 0 Å². The van der Waals surface area contributed by atoms with E-state index >= 15 is 0 Å². The van der Waals surface area contributed by atoms with Crippen molar-refractivity contribution >= 4 is 28.2 Å². The maximum absolute atomic E-state index is 12.1. The predicted molar refractivity (Wildman–Crippen MR) is 82.9 cm³/mol. The van der Waals surface area contributed by atoms with Crippen LogP contribution in [-0.2, 0) is 12.8 Å². The number of thiazole rings is 1. The zero-order valence-corrected chi connectivity index (χ0v) is 12.7. The Balaban J connectivity index is 1.64. The summed E-state index contributed by atoms with van der Waals surface area (Å²) >= 11 is 1.56. The number of carbonyl (C=O) groups is 1. The largest absolute Gasteiger partial charge is 0.369 e. The molecular weight excluding hydrogens is 286 g/mol. The fourth-order valence-corrected chi connectivity index (χ4v) is 3.24. The lowest BCUT2D eigenvalue weighted by molar-refractivity contribution is 0.102. The molecule has 0 spiro atoms. The third-order valence-electron chi connectivity index (χ3n) is 3.26. The van der Waals surface area contributed by atoms with Crippen LogP contribution in [0, 0.1) is 0 Å². The maximum atomic E-state index is 12.1. The molecule has 1 aliphatic carbocycles. The van der Waals surface area contributed by atoms with E-state index in [2.05, 4.69) is 32.5 Å². The Bertz CT molecular complexity index is 616. The third kappa shape index (κ3) is 3.18. The van der Waals surface area contributed by atoms with Crippen LogP contribution >= 0.6 is 11.3 Å². The number of amides is 1. The van der Waals surface area contributed by atoms with Crippen molar-refractivity contribution in [1.82, 2.24) is 15.0 Å². The van der Waals surface area contributed by atoms with E-state index in [0.29, 0.717) is 16.6 Å². The summed E-state index contributed by atoms with van der Waals surface area (Å²) < 4.78 is 0. The SMILES string of the molecule is CCCNc1cnc(C(=O)Nc2nc3c(s2)CCC3)cn1. The van der Waals surface area contributed by atoms with Crippen LogP contribution in [0.1, 0.15) is 40.8 Å². The highest BCUT2D eigenvalue weighted by molar-refractivity contribution is 7.15. The summed E-state index contributed by atoms with van der Waals surface area (Å²) in [4.78, 5) is 26.1. The monoisotopic (exact) mass is 303 g/mol. The van der Waals surface area contributed by atoms with E-state index in [1.807, 2.05) is 0 Å². The van der Waals surface area contributed by atoms with Gasteiger partial charge in [-0.15, -0.1) is 11.3 Å². The smallest absolute Gasteiger partial charge is 0.277 e. The molecule has 1 amide bonds. The predicted octanol–water partition coefficient (Wildman–Crippen LogP) is 2.50. The van der Waals surface area contributed by atoms with Crippen molar-refractivity contribution in [2.24, 2.45) is 0 Å². The lowest BCUT2D eigenvalue weighted by Gasteiger charge is -2.04. The van der Waals surface area contributed by atoms with Gasteiger partial charge in [0, 0.05) is 11.4 Å². The molecule has 3 rings (SSSR count). The van der Waals surface area contributed by atoms with Gasteiger partial charge in [-0.2, -0.15) is 0 Å². The van der Waals surface area contributed by atoms with Crippen molar-refractivity contribution in [3.05, 3.63) is 28.7 Å². The highest BCUT2D eigenvalue weighted by atomic mass is 32.1. The third-order valence-corrected chi connectivity index (χ3v) is 4.33. The molecule has 7 heteroatoms. The molecule has 0 unspecified atom stereocenters. The molecule has 0 fully saturated rings. The fourth-order valence-electron chi connectivity index (χ4n) is 2.19. The van der Waals surface area contributed by atoms with Crippen LogP contribution in [0.4, 0.5) is 10.9 Å². The van der Waals surface area contributed by atoms with Gasteiger partial charge in [0.1, 0.15) is 11.5 Å². The van der Waals surface area contributed by atoms with Crippen molar-refractivity contribution in [3.63, 3.8) is 0 Å². The molecule has 0 bridgehead atoms. The molecule has 0 radical (unpaired) electrons. The van der Waals surface area contributed by atoms with Crippen LogP contribution in [0.25, 0.3) is 0 Å². The number of anilines is 2. The van der Waals surface area contributed by atoms with Gasteiger partial charge in [0.25, 0.3) is 5.91 Å². The standard InChI is InChI=1S/C14H17N5OS/c1-2-6-15-12-8-16-10(7-17-12)13(20)19-14-18-9-4-3-5-11(9)21-14/h7-8H,2-6H2,1H3,(H,15,17)(H,18,19,20). The lowest BCUT2D eigenvalue weighted by Crippen LogP contribution is -2.14. The Morgan fingerprint density at radius 1 is 1.33 bits per heavy atom. The number of aryl methyl sites for hydroxylation is 2. The molecule has 110 valence electrons. The van der Waals surface area contributed by atoms with Crippen molar-refractivity contribution in [3.8, 4) is 0 Å². The van der Waals surface area contributed by atoms with Gasteiger partial charge in [-0.1, -0.05) is 6.92 Å². The number of rotatable bonds is 5. The number of nitrogens with zero attached hydrogens (tertiary/aromatic N) is 3. The van der Waals surface area contributed by atoms with Crippen LogP contribution in [0.2, 0.25) is 0 Å². The molecular formula is C14H17N5OS. The molecule has 0 saturated carbocycles. The van der Waals surface area contributed by atoms with Gasteiger partial charge in [0.05, 0.1) is 18.1 Å². The minimum atomic E-state index is -0.267. The first-order valence-corrected chi connectivity index (χ1v) is 7.93. The average molecular weight is 303 g/mol. The van der Waals surface area contributed by atoms with Gasteiger partial charge in [-0.3, -0.25) is 10.1 Å². The zero-order valence-electron chi connectivity index (χ0n) is 11.8. The Morgan fingerprint density at radius 3 is 2.95 bits per heavy atom. The quantitative estimate of drug-likeness (QED) is 0.887. The van der Waals surface area contributed by atoms with Crippen LogP contribution in [0.5, 0.6) is 0 Å². The van der Waals surface area contributed by atoms with E-state index in [1.165, 1.54) is 17.5 Å². The molecule has 0 aromatic carbocycles. The number of nitrogens with one attached hydrogen (secondary N) is 2. The van der Waals surface area contributed by atoms with Gasteiger partial charge >= 0.3 is 0 Å². The fraction of sp³-hybridized carbons (Fsp3) is 0.429. The first-order chi connectivity index (χ1) is 10.3. The summed E-state index contributed by atoms with van der Waals surface area (Å²) in [6.07, 6.45) is 7.32. The summed E-state index contributed by atoms with van der Waals surface area (Å²) in [7, 11) is 0. The number of fused-ring (bicyclic) bond motifs is 1. The van der Waals surface area contributed by atoms with Gasteiger partial charge in [-0.25, -0.2) is 15.0 Å². The van der Waals surface area contributed by atoms with Crippen LogP contribution < -0.4 is 10.6 Å². The Morgan fingerprint density at radius 2 is 2.24 bits per heavy atom. The van der Waals surface area contributed by atoms with Gasteiger partial charge in [0.2, 0.25) is 0 Å². The maximum Gasteiger partial charge on any atom is 0.277 e. The first kappa shape index (κ1) is 13.9. The van der Waals surface area contributed by atoms with E-state index in [9.17, 15) is 4.79 Å². The van der Waals surface area contributed by atoms with Gasteiger partial charge in [-0.05, 0) is 25.7 Å². The number of aromatic nitrogens is 3. The second kappa shape index (κ2) is 6.17. The lowest BCUT2D eigenvalue weighted by atomic mass is 10.4. The molecule has 0 atom stereocenters. The normalized spacial score (nSPS) is 13.0. The van der Waals surface area contributed by atoms with E-state index < -0.39 is 0 Å². The molecule has 2 aromatic heterocycles. The highest BCUT2D eigenvalue weighted by Gasteiger charge is 2.18. The molecule has 2 N–H and O–H groups in total. The van der Waals surface area contributed by atoms with Crippen molar-refractivity contribution in [1.29, 1.82) is 0 Å². The first-order valence-electron chi connectivity index (χ1n) is 7.12. The Labute approximate surface area is 127 Å². The average Bonchev–Trinajstić information content (AvgIpc) is 3.06. The molecule has 2 heterocycles. The summed E-state index contributed by atoms with van der Waals surface area (Å²) in [5, 5.41) is 6.57. The second-order valence-electron chi connectivity index (χ2n) is 4.91. The van der Waals surface area contributed by atoms with E-state index in [-0.39, 0.29) is 5.91 Å². The van der Waals surface area contributed by atoms with Crippen LogP contribution in [-0.4, -0.2) is 27.4 Å². The Hall–Kier alpha value is -2.02.